The number of benzene rings is 2. The standard InChI is InChI=1S/C22H23N3O3/c1-15-6-4-5-7-18(15)25-22(26)17-10-11-23-21(13-17)24-14-16-8-9-19(27-2)20(12-16)28-3/h4-13H,14H2,1-3H3,(H,23,24)(H,25,26). The SMILES string of the molecule is COc1ccc(CNc2cc(C(=O)Nc3ccccc3C)ccn2)cc1OC. The quantitative estimate of drug-likeness (QED) is 0.643. The Bertz CT molecular complexity index is 973. The number of hydrogen-bond acceptors (Lipinski definition) is 5. The van der Waals surface area contributed by atoms with Crippen LogP contribution in [0, 0.1) is 6.92 Å². The van der Waals surface area contributed by atoms with Crippen molar-refractivity contribution < 1.29 is 14.3 Å². The molecule has 0 aliphatic rings. The number of ether oxygens (including phenoxy) is 2. The van der Waals surface area contributed by atoms with Crippen molar-refractivity contribution in [1.29, 1.82) is 0 Å². The summed E-state index contributed by atoms with van der Waals surface area (Å²) in [5.74, 6) is 1.79. The van der Waals surface area contributed by atoms with Crippen molar-refractivity contribution >= 4 is 17.4 Å². The summed E-state index contributed by atoms with van der Waals surface area (Å²) in [6.45, 7) is 2.49. The lowest BCUT2D eigenvalue weighted by Gasteiger charge is -2.11. The van der Waals surface area contributed by atoms with E-state index in [1.165, 1.54) is 0 Å². The minimum atomic E-state index is -0.175. The number of hydrogen-bond donors (Lipinski definition) is 2. The first-order chi connectivity index (χ1) is 13.6. The normalized spacial score (nSPS) is 10.2. The number of methoxy groups -OCH3 is 2. The van der Waals surface area contributed by atoms with E-state index in [0.29, 0.717) is 29.4 Å². The van der Waals surface area contributed by atoms with E-state index in [1.807, 2.05) is 49.4 Å². The van der Waals surface area contributed by atoms with Gasteiger partial charge in [0, 0.05) is 24.0 Å². The number of carbonyl (C=O) groups excluding carboxylic acids is 1. The fraction of sp³-hybridized carbons (Fsp3) is 0.182. The van der Waals surface area contributed by atoms with Gasteiger partial charge in [0.05, 0.1) is 14.2 Å². The van der Waals surface area contributed by atoms with Crippen LogP contribution in [0.1, 0.15) is 21.5 Å². The summed E-state index contributed by atoms with van der Waals surface area (Å²) in [7, 11) is 3.21. The summed E-state index contributed by atoms with van der Waals surface area (Å²) in [5, 5.41) is 6.16. The van der Waals surface area contributed by atoms with E-state index in [2.05, 4.69) is 15.6 Å². The lowest BCUT2D eigenvalue weighted by atomic mass is 10.1. The van der Waals surface area contributed by atoms with Crippen molar-refractivity contribution in [3.8, 4) is 11.5 Å². The molecular formula is C22H23N3O3. The zero-order chi connectivity index (χ0) is 19.9. The Morgan fingerprint density at radius 3 is 2.54 bits per heavy atom. The van der Waals surface area contributed by atoms with Crippen molar-refractivity contribution in [3.63, 3.8) is 0 Å². The van der Waals surface area contributed by atoms with E-state index in [4.69, 9.17) is 9.47 Å². The van der Waals surface area contributed by atoms with Crippen molar-refractivity contribution in [2.75, 3.05) is 24.9 Å². The molecule has 3 rings (SSSR count). The number of pyridine rings is 1. The highest BCUT2D eigenvalue weighted by molar-refractivity contribution is 6.05. The molecule has 0 radical (unpaired) electrons. The zero-order valence-electron chi connectivity index (χ0n) is 16.2. The number of aryl methyl sites for hydroxylation is 1. The molecule has 0 aliphatic heterocycles. The molecule has 2 aromatic carbocycles. The number of nitrogens with zero attached hydrogens (tertiary/aromatic N) is 1. The average molecular weight is 377 g/mol. The van der Waals surface area contributed by atoms with Gasteiger partial charge in [-0.3, -0.25) is 4.79 Å². The van der Waals surface area contributed by atoms with Crippen LogP contribution >= 0.6 is 0 Å². The van der Waals surface area contributed by atoms with Crippen LogP contribution in [0.4, 0.5) is 11.5 Å². The molecule has 0 atom stereocenters. The third-order valence-electron chi connectivity index (χ3n) is 4.34. The molecule has 6 nitrogen and oxygen atoms in total. The van der Waals surface area contributed by atoms with Gasteiger partial charge in [-0.1, -0.05) is 24.3 Å². The minimum absolute atomic E-state index is 0.175. The maximum atomic E-state index is 12.5. The third kappa shape index (κ3) is 4.59. The van der Waals surface area contributed by atoms with Crippen molar-refractivity contribution in [2.45, 2.75) is 13.5 Å². The summed E-state index contributed by atoms with van der Waals surface area (Å²) in [6, 6.07) is 16.8. The van der Waals surface area contributed by atoms with Crippen molar-refractivity contribution in [2.24, 2.45) is 0 Å². The van der Waals surface area contributed by atoms with Crippen LogP contribution in [0.2, 0.25) is 0 Å². The van der Waals surface area contributed by atoms with Gasteiger partial charge in [-0.2, -0.15) is 0 Å². The number of aromatic nitrogens is 1. The van der Waals surface area contributed by atoms with Crippen LogP contribution in [0.15, 0.2) is 60.8 Å². The Morgan fingerprint density at radius 2 is 1.79 bits per heavy atom. The zero-order valence-corrected chi connectivity index (χ0v) is 16.2. The molecule has 0 spiro atoms. The average Bonchev–Trinajstić information content (AvgIpc) is 2.73. The van der Waals surface area contributed by atoms with Gasteiger partial charge < -0.3 is 20.1 Å². The first-order valence-electron chi connectivity index (χ1n) is 8.88. The molecule has 2 N–H and O–H groups in total. The highest BCUT2D eigenvalue weighted by atomic mass is 16.5. The van der Waals surface area contributed by atoms with Gasteiger partial charge in [0.2, 0.25) is 0 Å². The Balaban J connectivity index is 1.68. The number of anilines is 2. The molecule has 1 heterocycles. The summed E-state index contributed by atoms with van der Waals surface area (Å²) in [4.78, 5) is 16.8. The lowest BCUT2D eigenvalue weighted by Crippen LogP contribution is -2.13. The molecule has 0 saturated carbocycles. The summed E-state index contributed by atoms with van der Waals surface area (Å²) < 4.78 is 10.6. The number of nitrogens with one attached hydrogen (secondary N) is 2. The summed E-state index contributed by atoms with van der Waals surface area (Å²) in [6.07, 6.45) is 1.61. The Hall–Kier alpha value is -3.54. The molecule has 1 aromatic heterocycles. The third-order valence-corrected chi connectivity index (χ3v) is 4.34. The molecule has 0 unspecified atom stereocenters. The van der Waals surface area contributed by atoms with Gasteiger partial charge in [0.15, 0.2) is 11.5 Å². The Kier molecular flexibility index (Phi) is 6.11. The first-order valence-corrected chi connectivity index (χ1v) is 8.88. The van der Waals surface area contributed by atoms with Gasteiger partial charge in [-0.15, -0.1) is 0 Å². The molecule has 28 heavy (non-hydrogen) atoms. The van der Waals surface area contributed by atoms with Crippen LogP contribution in [0.25, 0.3) is 0 Å². The maximum absolute atomic E-state index is 12.5. The monoisotopic (exact) mass is 377 g/mol. The highest BCUT2D eigenvalue weighted by Crippen LogP contribution is 2.27. The summed E-state index contributed by atoms with van der Waals surface area (Å²) >= 11 is 0. The van der Waals surface area contributed by atoms with Crippen LogP contribution in [-0.4, -0.2) is 25.1 Å². The van der Waals surface area contributed by atoms with Gasteiger partial charge in [-0.25, -0.2) is 4.98 Å². The smallest absolute Gasteiger partial charge is 0.255 e. The van der Waals surface area contributed by atoms with E-state index in [9.17, 15) is 4.79 Å². The molecule has 0 fully saturated rings. The van der Waals surface area contributed by atoms with Crippen LogP contribution in [0.5, 0.6) is 11.5 Å². The molecule has 144 valence electrons. The maximum Gasteiger partial charge on any atom is 0.255 e. The number of carbonyl (C=O) groups is 1. The highest BCUT2D eigenvalue weighted by Gasteiger charge is 2.09. The topological polar surface area (TPSA) is 72.5 Å². The summed E-state index contributed by atoms with van der Waals surface area (Å²) in [5.41, 5.74) is 3.35. The van der Waals surface area contributed by atoms with Crippen LogP contribution < -0.4 is 20.1 Å². The molecule has 0 saturated heterocycles. The van der Waals surface area contributed by atoms with E-state index >= 15 is 0 Å². The van der Waals surface area contributed by atoms with Crippen molar-refractivity contribution in [1.82, 2.24) is 4.98 Å². The van der Waals surface area contributed by atoms with Crippen LogP contribution in [-0.2, 0) is 6.54 Å². The van der Waals surface area contributed by atoms with Gasteiger partial charge in [0.25, 0.3) is 5.91 Å². The fourth-order valence-corrected chi connectivity index (χ4v) is 2.76. The van der Waals surface area contributed by atoms with Gasteiger partial charge in [-0.05, 0) is 48.4 Å². The molecule has 0 aliphatic carbocycles. The minimum Gasteiger partial charge on any atom is -0.493 e. The Labute approximate surface area is 164 Å². The molecule has 6 heteroatoms. The van der Waals surface area contributed by atoms with E-state index in [1.54, 1.807) is 32.5 Å². The van der Waals surface area contributed by atoms with Crippen LogP contribution in [0.3, 0.4) is 0 Å². The second kappa shape index (κ2) is 8.90. The number of amides is 1. The second-order valence-electron chi connectivity index (χ2n) is 6.24. The lowest BCUT2D eigenvalue weighted by molar-refractivity contribution is 0.102. The van der Waals surface area contributed by atoms with E-state index < -0.39 is 0 Å². The number of rotatable bonds is 7. The van der Waals surface area contributed by atoms with Gasteiger partial charge in [0.1, 0.15) is 5.82 Å². The van der Waals surface area contributed by atoms with E-state index in [-0.39, 0.29) is 5.91 Å². The second-order valence-corrected chi connectivity index (χ2v) is 6.24. The van der Waals surface area contributed by atoms with E-state index in [0.717, 1.165) is 16.8 Å². The Morgan fingerprint density at radius 1 is 1.00 bits per heavy atom. The molecule has 1 amide bonds. The van der Waals surface area contributed by atoms with Gasteiger partial charge >= 0.3 is 0 Å². The molecular weight excluding hydrogens is 354 g/mol. The fourth-order valence-electron chi connectivity index (χ4n) is 2.76. The number of para-hydroxylation sites is 1. The predicted octanol–water partition coefficient (Wildman–Crippen LogP) is 4.27. The molecule has 0 bridgehead atoms. The first kappa shape index (κ1) is 19.2. The molecule has 3 aromatic rings. The predicted molar refractivity (Wildman–Crippen MR) is 110 cm³/mol. The largest absolute Gasteiger partial charge is 0.493 e. The van der Waals surface area contributed by atoms with Crippen molar-refractivity contribution in [3.05, 3.63) is 77.5 Å².